The van der Waals surface area contributed by atoms with Crippen LogP contribution >= 0.6 is 11.8 Å². The number of likely N-dealkylation sites (N-methyl/N-ethyl adjacent to an activating group) is 1. The van der Waals surface area contributed by atoms with Crippen molar-refractivity contribution < 1.29 is 4.52 Å². The Bertz CT molecular complexity index is 623. The second kappa shape index (κ2) is 5.14. The standard InChI is InChI=1S/C16H19N3OS/c1-17-13-10-21-9-12(13)14-18-15(19-20-14)16(7-8-16)11-5-3-2-4-6-11/h2-6,12-13,17H,7-10H2,1H3. The fourth-order valence-corrected chi connectivity index (χ4v) is 4.60. The monoisotopic (exact) mass is 301 g/mol. The normalized spacial score (nSPS) is 26.9. The lowest BCUT2D eigenvalue weighted by Crippen LogP contribution is -2.31. The number of hydrogen-bond donors (Lipinski definition) is 1. The molecule has 2 heterocycles. The van der Waals surface area contributed by atoms with Crippen LogP contribution in [0.2, 0.25) is 0 Å². The molecule has 1 N–H and O–H groups in total. The molecule has 0 spiro atoms. The maximum Gasteiger partial charge on any atom is 0.232 e. The first kappa shape index (κ1) is 13.3. The Morgan fingerprint density at radius 3 is 2.76 bits per heavy atom. The highest BCUT2D eigenvalue weighted by atomic mass is 32.2. The molecule has 2 aliphatic rings. The molecule has 1 aromatic heterocycles. The molecule has 0 amide bonds. The lowest BCUT2D eigenvalue weighted by molar-refractivity contribution is 0.339. The smallest absolute Gasteiger partial charge is 0.232 e. The largest absolute Gasteiger partial charge is 0.339 e. The Kier molecular flexibility index (Phi) is 3.27. The van der Waals surface area contributed by atoms with Crippen LogP contribution in [0.15, 0.2) is 34.9 Å². The second-order valence-corrected chi connectivity index (χ2v) is 7.02. The van der Waals surface area contributed by atoms with E-state index in [1.165, 1.54) is 5.56 Å². The molecule has 2 unspecified atom stereocenters. The minimum absolute atomic E-state index is 0.00387. The summed E-state index contributed by atoms with van der Waals surface area (Å²) in [7, 11) is 2.01. The highest BCUT2D eigenvalue weighted by molar-refractivity contribution is 7.99. The van der Waals surface area contributed by atoms with Gasteiger partial charge in [-0.2, -0.15) is 16.7 Å². The number of nitrogens with zero attached hydrogens (tertiary/aromatic N) is 2. The van der Waals surface area contributed by atoms with Gasteiger partial charge in [0.05, 0.1) is 11.3 Å². The highest BCUT2D eigenvalue weighted by Crippen LogP contribution is 2.52. The van der Waals surface area contributed by atoms with Crippen LogP contribution in [0, 0.1) is 0 Å². The molecule has 4 nitrogen and oxygen atoms in total. The number of rotatable bonds is 4. The SMILES string of the molecule is CNC1CSCC1c1nc(C2(c3ccccc3)CC2)no1. The zero-order valence-electron chi connectivity index (χ0n) is 12.1. The molecule has 5 heteroatoms. The molecule has 2 fully saturated rings. The van der Waals surface area contributed by atoms with Gasteiger partial charge in [0.15, 0.2) is 5.82 Å². The van der Waals surface area contributed by atoms with Crippen molar-refractivity contribution in [2.75, 3.05) is 18.6 Å². The van der Waals surface area contributed by atoms with Crippen LogP contribution in [0.5, 0.6) is 0 Å². The molecule has 110 valence electrons. The van der Waals surface area contributed by atoms with Crippen molar-refractivity contribution >= 4 is 11.8 Å². The van der Waals surface area contributed by atoms with Gasteiger partial charge in [-0.05, 0) is 25.5 Å². The van der Waals surface area contributed by atoms with E-state index >= 15 is 0 Å². The van der Waals surface area contributed by atoms with Crippen LogP contribution in [0.1, 0.15) is 36.0 Å². The van der Waals surface area contributed by atoms with E-state index in [4.69, 9.17) is 9.51 Å². The third-order valence-corrected chi connectivity index (χ3v) is 5.90. The summed E-state index contributed by atoms with van der Waals surface area (Å²) in [5.41, 5.74) is 1.31. The third kappa shape index (κ3) is 2.19. The van der Waals surface area contributed by atoms with Gasteiger partial charge < -0.3 is 9.84 Å². The molecule has 4 rings (SSSR count). The first-order chi connectivity index (χ1) is 10.3. The average Bonchev–Trinajstić information content (AvgIpc) is 2.99. The molecule has 1 saturated heterocycles. The van der Waals surface area contributed by atoms with Crippen molar-refractivity contribution in [1.29, 1.82) is 0 Å². The van der Waals surface area contributed by atoms with E-state index in [1.54, 1.807) is 0 Å². The van der Waals surface area contributed by atoms with E-state index < -0.39 is 0 Å². The summed E-state index contributed by atoms with van der Waals surface area (Å²) in [6.45, 7) is 0. The lowest BCUT2D eigenvalue weighted by atomic mass is 9.95. The zero-order chi connectivity index (χ0) is 14.3. The maximum absolute atomic E-state index is 5.61. The lowest BCUT2D eigenvalue weighted by Gasteiger charge is -2.13. The van der Waals surface area contributed by atoms with Gasteiger partial charge in [-0.25, -0.2) is 0 Å². The Morgan fingerprint density at radius 1 is 1.24 bits per heavy atom. The zero-order valence-corrected chi connectivity index (χ0v) is 12.9. The Hall–Kier alpha value is -1.33. The Balaban J connectivity index is 1.63. The molecule has 1 aliphatic carbocycles. The summed E-state index contributed by atoms with van der Waals surface area (Å²) in [4.78, 5) is 4.77. The molecule has 0 radical (unpaired) electrons. The Morgan fingerprint density at radius 2 is 2.05 bits per heavy atom. The van der Waals surface area contributed by atoms with Gasteiger partial charge >= 0.3 is 0 Å². The summed E-state index contributed by atoms with van der Waals surface area (Å²) < 4.78 is 5.61. The minimum atomic E-state index is 0.00387. The van der Waals surface area contributed by atoms with E-state index in [-0.39, 0.29) is 5.41 Å². The maximum atomic E-state index is 5.61. The van der Waals surface area contributed by atoms with E-state index in [2.05, 4.69) is 40.8 Å². The van der Waals surface area contributed by atoms with Crippen LogP contribution in [-0.4, -0.2) is 34.7 Å². The predicted octanol–water partition coefficient (Wildman–Crippen LogP) is 2.57. The highest BCUT2D eigenvalue weighted by Gasteiger charge is 2.50. The molecule has 2 atom stereocenters. The summed E-state index contributed by atoms with van der Waals surface area (Å²) in [5, 5.41) is 7.68. The second-order valence-electron chi connectivity index (χ2n) is 5.94. The fourth-order valence-electron chi connectivity index (χ4n) is 3.19. The molecular weight excluding hydrogens is 282 g/mol. The van der Waals surface area contributed by atoms with Crippen LogP contribution in [0.3, 0.4) is 0 Å². The third-order valence-electron chi connectivity index (χ3n) is 4.71. The summed E-state index contributed by atoms with van der Waals surface area (Å²) >= 11 is 1.95. The van der Waals surface area contributed by atoms with E-state index in [9.17, 15) is 0 Å². The van der Waals surface area contributed by atoms with Gasteiger partial charge in [0, 0.05) is 17.5 Å². The van der Waals surface area contributed by atoms with Gasteiger partial charge in [-0.15, -0.1) is 0 Å². The van der Waals surface area contributed by atoms with E-state index in [1.807, 2.05) is 18.8 Å². The van der Waals surface area contributed by atoms with Crippen LogP contribution < -0.4 is 5.32 Å². The van der Waals surface area contributed by atoms with Gasteiger partial charge in [0.2, 0.25) is 5.89 Å². The number of hydrogen-bond acceptors (Lipinski definition) is 5. The molecule has 1 aliphatic heterocycles. The number of nitrogens with one attached hydrogen (secondary N) is 1. The first-order valence-electron chi connectivity index (χ1n) is 7.48. The molecule has 1 saturated carbocycles. The molecule has 0 bridgehead atoms. The number of aromatic nitrogens is 2. The van der Waals surface area contributed by atoms with Crippen molar-refractivity contribution in [3.05, 3.63) is 47.6 Å². The van der Waals surface area contributed by atoms with Crippen molar-refractivity contribution in [3.63, 3.8) is 0 Å². The average molecular weight is 301 g/mol. The van der Waals surface area contributed by atoms with Crippen LogP contribution in [0.25, 0.3) is 0 Å². The van der Waals surface area contributed by atoms with Crippen molar-refractivity contribution in [3.8, 4) is 0 Å². The molecule has 21 heavy (non-hydrogen) atoms. The molecule has 1 aromatic carbocycles. The van der Waals surface area contributed by atoms with E-state index in [0.717, 1.165) is 36.1 Å². The molecular formula is C16H19N3OS. The van der Waals surface area contributed by atoms with Gasteiger partial charge in [-0.3, -0.25) is 0 Å². The predicted molar refractivity (Wildman–Crippen MR) is 83.7 cm³/mol. The van der Waals surface area contributed by atoms with Crippen molar-refractivity contribution in [2.24, 2.45) is 0 Å². The quantitative estimate of drug-likeness (QED) is 0.940. The number of thioether (sulfide) groups is 1. The Labute approximate surface area is 128 Å². The fraction of sp³-hybridized carbons (Fsp3) is 0.500. The summed E-state index contributed by atoms with van der Waals surface area (Å²) in [5.74, 6) is 4.19. The van der Waals surface area contributed by atoms with Crippen molar-refractivity contribution in [1.82, 2.24) is 15.5 Å². The number of benzene rings is 1. The minimum Gasteiger partial charge on any atom is -0.339 e. The van der Waals surface area contributed by atoms with Gasteiger partial charge in [-0.1, -0.05) is 35.5 Å². The van der Waals surface area contributed by atoms with Gasteiger partial charge in [0.25, 0.3) is 0 Å². The van der Waals surface area contributed by atoms with Crippen molar-refractivity contribution in [2.45, 2.75) is 30.2 Å². The van der Waals surface area contributed by atoms with Gasteiger partial charge in [0.1, 0.15) is 0 Å². The topological polar surface area (TPSA) is 51.0 Å². The summed E-state index contributed by atoms with van der Waals surface area (Å²) in [6, 6.07) is 11.0. The van der Waals surface area contributed by atoms with Crippen LogP contribution in [-0.2, 0) is 5.41 Å². The summed E-state index contributed by atoms with van der Waals surface area (Å²) in [6.07, 6.45) is 2.23. The first-order valence-corrected chi connectivity index (χ1v) is 8.63. The van der Waals surface area contributed by atoms with Crippen LogP contribution in [0.4, 0.5) is 0 Å². The van der Waals surface area contributed by atoms with E-state index in [0.29, 0.717) is 12.0 Å². The molecule has 2 aromatic rings.